The molecular formula is C12H11ClFN3O. The summed E-state index contributed by atoms with van der Waals surface area (Å²) in [7, 11) is 1.59. The number of likely N-dealkylation sites (N-methyl/N-ethyl adjacent to an activating group) is 1. The van der Waals surface area contributed by atoms with E-state index in [1.165, 1.54) is 28.0 Å². The molecule has 18 heavy (non-hydrogen) atoms. The summed E-state index contributed by atoms with van der Waals surface area (Å²) in [6.45, 7) is 0.294. The lowest BCUT2D eigenvalue weighted by molar-refractivity contribution is 0.198. The summed E-state index contributed by atoms with van der Waals surface area (Å²) < 4.78 is 13.8. The molecule has 1 heterocycles. The zero-order valence-electron chi connectivity index (χ0n) is 9.73. The maximum atomic E-state index is 13.8. The molecule has 0 saturated carbocycles. The van der Waals surface area contributed by atoms with Crippen molar-refractivity contribution in [2.45, 2.75) is 6.04 Å². The number of carbonyl (C=O) groups excluding carboxylic acids is 1. The van der Waals surface area contributed by atoms with Crippen molar-refractivity contribution in [1.29, 1.82) is 5.26 Å². The molecule has 1 aromatic carbocycles. The fourth-order valence-corrected chi connectivity index (χ4v) is 2.24. The van der Waals surface area contributed by atoms with Crippen molar-refractivity contribution >= 4 is 17.6 Å². The molecule has 0 aromatic heterocycles. The fourth-order valence-electron chi connectivity index (χ4n) is 2.06. The Morgan fingerprint density at radius 3 is 3.00 bits per heavy atom. The van der Waals surface area contributed by atoms with Crippen LogP contribution in [0.4, 0.5) is 9.18 Å². The van der Waals surface area contributed by atoms with E-state index in [4.69, 9.17) is 16.9 Å². The molecule has 2 rings (SSSR count). The van der Waals surface area contributed by atoms with Gasteiger partial charge in [-0.15, -0.1) is 0 Å². The van der Waals surface area contributed by atoms with Crippen molar-refractivity contribution in [3.05, 3.63) is 34.6 Å². The van der Waals surface area contributed by atoms with Crippen LogP contribution < -0.4 is 0 Å². The lowest BCUT2D eigenvalue weighted by atomic mass is 10.1. The van der Waals surface area contributed by atoms with Gasteiger partial charge in [0.1, 0.15) is 12.4 Å². The highest BCUT2D eigenvalue weighted by molar-refractivity contribution is 6.30. The molecule has 0 bridgehead atoms. The number of amides is 2. The van der Waals surface area contributed by atoms with Gasteiger partial charge in [0.05, 0.1) is 12.1 Å². The monoisotopic (exact) mass is 267 g/mol. The van der Waals surface area contributed by atoms with Gasteiger partial charge in [-0.1, -0.05) is 11.6 Å². The van der Waals surface area contributed by atoms with Crippen molar-refractivity contribution in [2.75, 3.05) is 20.1 Å². The standard InChI is InChI=1S/C12H11ClFN3O/c1-16-11(7-17(5-4-15)12(16)18)9-6-8(13)2-3-10(9)14/h2-3,6,11H,5,7H2,1H3. The summed E-state index contributed by atoms with van der Waals surface area (Å²) in [6.07, 6.45) is 0. The topological polar surface area (TPSA) is 47.3 Å². The third-order valence-electron chi connectivity index (χ3n) is 3.01. The van der Waals surface area contributed by atoms with Gasteiger partial charge < -0.3 is 9.80 Å². The van der Waals surface area contributed by atoms with Crippen molar-refractivity contribution < 1.29 is 9.18 Å². The van der Waals surface area contributed by atoms with Gasteiger partial charge in [-0.05, 0) is 18.2 Å². The lowest BCUT2D eigenvalue weighted by Crippen LogP contribution is -2.29. The van der Waals surface area contributed by atoms with Crippen LogP contribution in [-0.2, 0) is 0 Å². The second kappa shape index (κ2) is 4.83. The number of hydrogen-bond donors (Lipinski definition) is 0. The molecule has 1 aliphatic heterocycles. The van der Waals surface area contributed by atoms with E-state index < -0.39 is 11.9 Å². The lowest BCUT2D eigenvalue weighted by Gasteiger charge is -2.18. The minimum atomic E-state index is -0.412. The third kappa shape index (κ3) is 2.12. The first kappa shape index (κ1) is 12.7. The number of hydrogen-bond acceptors (Lipinski definition) is 2. The maximum absolute atomic E-state index is 13.8. The molecule has 1 unspecified atom stereocenters. The summed E-state index contributed by atoms with van der Waals surface area (Å²) in [5.74, 6) is -0.400. The van der Waals surface area contributed by atoms with E-state index in [0.717, 1.165) is 0 Å². The second-order valence-electron chi connectivity index (χ2n) is 4.11. The van der Waals surface area contributed by atoms with Gasteiger partial charge in [0.25, 0.3) is 0 Å². The molecule has 1 atom stereocenters. The number of nitrogens with zero attached hydrogens (tertiary/aromatic N) is 3. The summed E-state index contributed by atoms with van der Waals surface area (Å²) >= 11 is 5.84. The summed E-state index contributed by atoms with van der Waals surface area (Å²) in [5.41, 5.74) is 0.374. The minimum absolute atomic E-state index is 0.00184. The first-order chi connectivity index (χ1) is 8.54. The Bertz CT molecular complexity index is 529. The van der Waals surface area contributed by atoms with Gasteiger partial charge in [-0.3, -0.25) is 0 Å². The maximum Gasteiger partial charge on any atom is 0.321 e. The van der Waals surface area contributed by atoms with Crippen LogP contribution in [0.2, 0.25) is 5.02 Å². The van der Waals surface area contributed by atoms with Crippen LogP contribution in [0, 0.1) is 17.1 Å². The Kier molecular flexibility index (Phi) is 3.39. The van der Waals surface area contributed by atoms with Crippen LogP contribution >= 0.6 is 11.6 Å². The molecule has 2 amide bonds. The van der Waals surface area contributed by atoms with Crippen molar-refractivity contribution in [1.82, 2.24) is 9.80 Å². The van der Waals surface area contributed by atoms with Gasteiger partial charge in [0.2, 0.25) is 0 Å². The Labute approximate surface area is 109 Å². The first-order valence-corrected chi connectivity index (χ1v) is 5.76. The molecular weight excluding hydrogens is 257 g/mol. The van der Waals surface area contributed by atoms with E-state index in [-0.39, 0.29) is 12.6 Å². The van der Waals surface area contributed by atoms with Gasteiger partial charge in [-0.25, -0.2) is 9.18 Å². The Hall–Kier alpha value is -1.80. The van der Waals surface area contributed by atoms with Crippen LogP contribution in [0.3, 0.4) is 0 Å². The van der Waals surface area contributed by atoms with Gasteiger partial charge in [0, 0.05) is 24.2 Å². The molecule has 94 valence electrons. The Morgan fingerprint density at radius 1 is 1.61 bits per heavy atom. The highest BCUT2D eigenvalue weighted by atomic mass is 35.5. The molecule has 0 N–H and O–H groups in total. The summed E-state index contributed by atoms with van der Waals surface area (Å²) in [4.78, 5) is 14.6. The third-order valence-corrected chi connectivity index (χ3v) is 3.25. The van der Waals surface area contributed by atoms with E-state index in [1.54, 1.807) is 7.05 Å². The van der Waals surface area contributed by atoms with Crippen LogP contribution in [0.5, 0.6) is 0 Å². The zero-order chi connectivity index (χ0) is 13.3. The summed E-state index contributed by atoms with van der Waals surface area (Å²) in [6, 6.07) is 5.49. The minimum Gasteiger partial charge on any atom is -0.319 e. The molecule has 4 nitrogen and oxygen atoms in total. The average molecular weight is 268 g/mol. The second-order valence-corrected chi connectivity index (χ2v) is 4.55. The predicted molar refractivity (Wildman–Crippen MR) is 64.5 cm³/mol. The molecule has 0 radical (unpaired) electrons. The van der Waals surface area contributed by atoms with E-state index in [2.05, 4.69) is 0 Å². The Morgan fingerprint density at radius 2 is 2.33 bits per heavy atom. The molecule has 1 aliphatic rings. The highest BCUT2D eigenvalue weighted by Gasteiger charge is 2.36. The van der Waals surface area contributed by atoms with E-state index in [1.807, 2.05) is 6.07 Å². The van der Waals surface area contributed by atoms with Crippen LogP contribution in [0.25, 0.3) is 0 Å². The van der Waals surface area contributed by atoms with Gasteiger partial charge in [-0.2, -0.15) is 5.26 Å². The predicted octanol–water partition coefficient (Wildman–Crippen LogP) is 2.41. The molecule has 0 aliphatic carbocycles. The number of benzene rings is 1. The fraction of sp³-hybridized carbons (Fsp3) is 0.333. The van der Waals surface area contributed by atoms with E-state index in [9.17, 15) is 9.18 Å². The summed E-state index contributed by atoms with van der Waals surface area (Å²) in [5, 5.41) is 9.05. The number of urea groups is 1. The average Bonchev–Trinajstić information content (AvgIpc) is 2.61. The molecule has 1 fully saturated rings. The van der Waals surface area contributed by atoms with Gasteiger partial charge >= 0.3 is 6.03 Å². The van der Waals surface area contributed by atoms with Gasteiger partial charge in [0.15, 0.2) is 0 Å². The molecule has 1 aromatic rings. The number of rotatable bonds is 2. The SMILES string of the molecule is CN1C(=O)N(CC#N)CC1c1cc(Cl)ccc1F. The number of nitriles is 1. The van der Waals surface area contributed by atoms with Crippen molar-refractivity contribution in [3.8, 4) is 6.07 Å². The quantitative estimate of drug-likeness (QED) is 0.773. The van der Waals surface area contributed by atoms with E-state index in [0.29, 0.717) is 17.1 Å². The van der Waals surface area contributed by atoms with Crippen LogP contribution in [0.1, 0.15) is 11.6 Å². The zero-order valence-corrected chi connectivity index (χ0v) is 10.5. The normalized spacial score (nSPS) is 19.2. The molecule has 6 heteroatoms. The van der Waals surface area contributed by atoms with E-state index >= 15 is 0 Å². The van der Waals surface area contributed by atoms with Crippen molar-refractivity contribution in [3.63, 3.8) is 0 Å². The first-order valence-electron chi connectivity index (χ1n) is 5.38. The van der Waals surface area contributed by atoms with Crippen molar-refractivity contribution in [2.24, 2.45) is 0 Å². The molecule has 0 spiro atoms. The van der Waals surface area contributed by atoms with Crippen LogP contribution in [-0.4, -0.2) is 36.0 Å². The van der Waals surface area contributed by atoms with Crippen LogP contribution in [0.15, 0.2) is 18.2 Å². The highest BCUT2D eigenvalue weighted by Crippen LogP contribution is 2.31. The number of halogens is 2. The smallest absolute Gasteiger partial charge is 0.319 e. The largest absolute Gasteiger partial charge is 0.321 e. The Balaban J connectivity index is 2.32. The number of carbonyl (C=O) groups is 1. The molecule has 1 saturated heterocycles.